The van der Waals surface area contributed by atoms with Gasteiger partial charge in [0.15, 0.2) is 0 Å². The van der Waals surface area contributed by atoms with Crippen molar-refractivity contribution in [3.05, 3.63) is 42.5 Å². The van der Waals surface area contributed by atoms with Crippen molar-refractivity contribution < 1.29 is 0 Å². The number of aromatic nitrogens is 2. The van der Waals surface area contributed by atoms with E-state index < -0.39 is 0 Å². The molecule has 0 aliphatic rings. The van der Waals surface area contributed by atoms with Crippen LogP contribution in [0.15, 0.2) is 41.8 Å². The molecule has 104 valence electrons. The summed E-state index contributed by atoms with van der Waals surface area (Å²) >= 11 is 0. The summed E-state index contributed by atoms with van der Waals surface area (Å²) in [5, 5.41) is 20.9. The van der Waals surface area contributed by atoms with Crippen LogP contribution >= 0.6 is 0 Å². The van der Waals surface area contributed by atoms with Gasteiger partial charge < -0.3 is 4.57 Å². The minimum atomic E-state index is -0.212. The van der Waals surface area contributed by atoms with Crippen LogP contribution in [0.1, 0.15) is 25.6 Å². The van der Waals surface area contributed by atoms with Crippen molar-refractivity contribution in [2.45, 2.75) is 19.8 Å². The summed E-state index contributed by atoms with van der Waals surface area (Å²) in [7, 11) is 0. The number of hydrogen-bond donors (Lipinski definition) is 1. The smallest absolute Gasteiger partial charge is 0.237 e. The average Bonchev–Trinajstić information content (AvgIpc) is 2.98. The van der Waals surface area contributed by atoms with Gasteiger partial charge in [0.25, 0.3) is 0 Å². The number of nitrogens with one attached hydrogen (secondary N) is 1. The minimum Gasteiger partial charge on any atom is -0.304 e. The molecule has 1 aromatic carbocycles. The minimum absolute atomic E-state index is 0.212. The second-order valence-corrected chi connectivity index (χ2v) is 4.65. The lowest BCUT2D eigenvalue weighted by Crippen LogP contribution is -2.02. The Labute approximate surface area is 123 Å². The molecule has 0 radical (unpaired) electrons. The molecule has 0 aliphatic carbocycles. The average molecular weight is 278 g/mol. The fourth-order valence-electron chi connectivity index (χ4n) is 1.85. The van der Waals surface area contributed by atoms with E-state index in [9.17, 15) is 0 Å². The quantitative estimate of drug-likeness (QED) is 0.687. The number of nitriles is 2. The maximum Gasteiger partial charge on any atom is 0.237 e. The van der Waals surface area contributed by atoms with Crippen molar-refractivity contribution in [1.29, 1.82) is 10.5 Å². The Hall–Kier alpha value is -3.12. The van der Waals surface area contributed by atoms with E-state index >= 15 is 0 Å². The molecule has 2 rings (SSSR count). The van der Waals surface area contributed by atoms with Crippen LogP contribution in [0.3, 0.4) is 0 Å². The van der Waals surface area contributed by atoms with Gasteiger partial charge in [-0.15, -0.1) is 0 Å². The Kier molecular flexibility index (Phi) is 4.33. The number of imidazole rings is 1. The molecule has 0 amide bonds. The Balaban J connectivity index is 2.20. The molecule has 0 fully saturated rings. The molecule has 0 spiro atoms. The van der Waals surface area contributed by atoms with Crippen molar-refractivity contribution in [3.8, 4) is 17.8 Å². The van der Waals surface area contributed by atoms with Crippen molar-refractivity contribution >= 4 is 11.4 Å². The van der Waals surface area contributed by atoms with Gasteiger partial charge in [0.2, 0.25) is 5.71 Å². The molecule has 0 unspecified atom stereocenters. The van der Waals surface area contributed by atoms with Crippen LogP contribution in [0.2, 0.25) is 0 Å². The molecular weight excluding hydrogens is 264 g/mol. The van der Waals surface area contributed by atoms with E-state index in [0.717, 1.165) is 11.5 Å². The standard InChI is InChI=1S/C15H14N6/c1-11(2)15-18-7-8-21(15)14-5-3-12(4-6-14)19-20-13(9-16)10-17/h3-8,11,19H,1-2H3. The van der Waals surface area contributed by atoms with Gasteiger partial charge in [-0.05, 0) is 24.3 Å². The number of hydrazone groups is 1. The van der Waals surface area contributed by atoms with E-state index in [-0.39, 0.29) is 5.71 Å². The molecule has 6 nitrogen and oxygen atoms in total. The first-order valence-corrected chi connectivity index (χ1v) is 6.43. The highest BCUT2D eigenvalue weighted by Gasteiger charge is 2.08. The number of rotatable bonds is 4. The van der Waals surface area contributed by atoms with Gasteiger partial charge in [-0.2, -0.15) is 15.6 Å². The largest absolute Gasteiger partial charge is 0.304 e. The molecule has 21 heavy (non-hydrogen) atoms. The Morgan fingerprint density at radius 3 is 2.48 bits per heavy atom. The van der Waals surface area contributed by atoms with Crippen LogP contribution < -0.4 is 5.43 Å². The zero-order valence-corrected chi connectivity index (χ0v) is 11.8. The third kappa shape index (κ3) is 3.26. The van der Waals surface area contributed by atoms with E-state index in [4.69, 9.17) is 10.5 Å². The highest BCUT2D eigenvalue weighted by molar-refractivity contribution is 6.10. The fraction of sp³-hybridized carbons (Fsp3) is 0.200. The summed E-state index contributed by atoms with van der Waals surface area (Å²) in [6, 6.07) is 10.9. The van der Waals surface area contributed by atoms with Crippen LogP contribution in [0.25, 0.3) is 5.69 Å². The van der Waals surface area contributed by atoms with Crippen LogP contribution in [-0.4, -0.2) is 15.3 Å². The number of anilines is 1. The van der Waals surface area contributed by atoms with Gasteiger partial charge >= 0.3 is 0 Å². The monoisotopic (exact) mass is 278 g/mol. The van der Waals surface area contributed by atoms with Gasteiger partial charge in [0, 0.05) is 24.0 Å². The first kappa shape index (κ1) is 14.3. The lowest BCUT2D eigenvalue weighted by molar-refractivity contribution is 0.752. The van der Waals surface area contributed by atoms with Crippen molar-refractivity contribution in [2.24, 2.45) is 5.10 Å². The van der Waals surface area contributed by atoms with Crippen LogP contribution in [0, 0.1) is 22.7 Å². The van der Waals surface area contributed by atoms with Crippen LogP contribution in [-0.2, 0) is 0 Å². The van der Waals surface area contributed by atoms with Gasteiger partial charge in [-0.1, -0.05) is 13.8 Å². The molecule has 1 heterocycles. The molecule has 0 bridgehead atoms. The summed E-state index contributed by atoms with van der Waals surface area (Å²) in [6.07, 6.45) is 3.69. The van der Waals surface area contributed by atoms with Crippen molar-refractivity contribution in [1.82, 2.24) is 9.55 Å². The van der Waals surface area contributed by atoms with Gasteiger partial charge in [-0.3, -0.25) is 5.43 Å². The van der Waals surface area contributed by atoms with E-state index in [2.05, 4.69) is 29.4 Å². The molecule has 2 aromatic rings. The van der Waals surface area contributed by atoms with E-state index in [1.165, 1.54) is 0 Å². The zero-order chi connectivity index (χ0) is 15.2. The molecule has 1 N–H and O–H groups in total. The normalized spacial score (nSPS) is 9.76. The van der Waals surface area contributed by atoms with E-state index in [1.54, 1.807) is 18.3 Å². The maximum atomic E-state index is 8.60. The van der Waals surface area contributed by atoms with Crippen molar-refractivity contribution in [2.75, 3.05) is 5.43 Å². The molecule has 1 aromatic heterocycles. The molecule has 0 saturated heterocycles. The third-order valence-corrected chi connectivity index (χ3v) is 2.84. The maximum absolute atomic E-state index is 8.60. The van der Waals surface area contributed by atoms with Crippen LogP contribution in [0.5, 0.6) is 0 Å². The van der Waals surface area contributed by atoms with Gasteiger partial charge in [0.1, 0.15) is 18.0 Å². The second-order valence-electron chi connectivity index (χ2n) is 4.65. The summed E-state index contributed by atoms with van der Waals surface area (Å²) < 4.78 is 2.02. The summed E-state index contributed by atoms with van der Waals surface area (Å²) in [6.45, 7) is 4.18. The van der Waals surface area contributed by atoms with Gasteiger partial charge in [-0.25, -0.2) is 4.98 Å². The predicted molar refractivity (Wildman–Crippen MR) is 79.9 cm³/mol. The SMILES string of the molecule is CC(C)c1nccn1-c1ccc(NN=C(C#N)C#N)cc1. The molecule has 0 aliphatic heterocycles. The fourth-order valence-corrected chi connectivity index (χ4v) is 1.85. The Bertz CT molecular complexity index is 709. The second kappa shape index (κ2) is 6.36. The van der Waals surface area contributed by atoms with Gasteiger partial charge in [0.05, 0.1) is 5.69 Å². The van der Waals surface area contributed by atoms with E-state index in [1.807, 2.05) is 35.0 Å². The summed E-state index contributed by atoms with van der Waals surface area (Å²) in [5.74, 6) is 1.32. The third-order valence-electron chi connectivity index (χ3n) is 2.84. The zero-order valence-electron chi connectivity index (χ0n) is 11.8. The van der Waals surface area contributed by atoms with Crippen molar-refractivity contribution in [3.63, 3.8) is 0 Å². The molecule has 0 saturated carbocycles. The highest BCUT2D eigenvalue weighted by Crippen LogP contribution is 2.19. The van der Waals surface area contributed by atoms with Crippen LogP contribution in [0.4, 0.5) is 5.69 Å². The Morgan fingerprint density at radius 2 is 1.90 bits per heavy atom. The number of hydrogen-bond acceptors (Lipinski definition) is 5. The lowest BCUT2D eigenvalue weighted by Gasteiger charge is -2.10. The van der Waals surface area contributed by atoms with E-state index in [0.29, 0.717) is 11.6 Å². The lowest BCUT2D eigenvalue weighted by atomic mass is 10.2. The first-order valence-electron chi connectivity index (χ1n) is 6.43. The highest BCUT2D eigenvalue weighted by atomic mass is 15.3. The summed E-state index contributed by atoms with van der Waals surface area (Å²) in [5.41, 5.74) is 4.16. The topological polar surface area (TPSA) is 89.8 Å². The first-order chi connectivity index (χ1) is 10.2. The molecular formula is C15H14N6. The Morgan fingerprint density at radius 1 is 1.24 bits per heavy atom. The number of benzene rings is 1. The number of nitrogens with zero attached hydrogens (tertiary/aromatic N) is 5. The molecule has 0 atom stereocenters. The molecule has 6 heteroatoms. The predicted octanol–water partition coefficient (Wildman–Crippen LogP) is 2.81. The summed E-state index contributed by atoms with van der Waals surface area (Å²) in [4.78, 5) is 4.35.